The highest BCUT2D eigenvalue weighted by molar-refractivity contribution is 9.10. The maximum absolute atomic E-state index is 3.57. The summed E-state index contributed by atoms with van der Waals surface area (Å²) in [5.41, 5.74) is 12.2. The third-order valence-electron chi connectivity index (χ3n) is 8.81. The zero-order chi connectivity index (χ0) is 28.1. The van der Waals surface area contributed by atoms with Gasteiger partial charge in [-0.05, 0) is 90.7 Å². The van der Waals surface area contributed by atoms with E-state index in [4.69, 9.17) is 0 Å². The Labute approximate surface area is 255 Å². The Hall–Kier alpha value is -4.72. The van der Waals surface area contributed by atoms with E-state index < -0.39 is 5.41 Å². The number of fused-ring (bicyclic) bond motifs is 2. The summed E-state index contributed by atoms with van der Waals surface area (Å²) in [6, 6.07) is 60.2. The van der Waals surface area contributed by atoms with E-state index in [2.05, 4.69) is 180 Å². The predicted octanol–water partition coefficient (Wildman–Crippen LogP) is 11.3. The van der Waals surface area contributed by atoms with E-state index in [1.807, 2.05) is 0 Å². The Morgan fingerprint density at radius 2 is 0.952 bits per heavy atom. The Morgan fingerprint density at radius 1 is 0.381 bits per heavy atom. The fourth-order valence-corrected chi connectivity index (χ4v) is 7.25. The van der Waals surface area contributed by atoms with Crippen molar-refractivity contribution < 1.29 is 0 Å². The van der Waals surface area contributed by atoms with Gasteiger partial charge in [0.05, 0.1) is 5.41 Å². The molecule has 198 valence electrons. The van der Waals surface area contributed by atoms with E-state index in [0.717, 1.165) is 4.47 Å². The summed E-state index contributed by atoms with van der Waals surface area (Å²) < 4.78 is 1.09. The monoisotopic (exact) mass is 598 g/mol. The summed E-state index contributed by atoms with van der Waals surface area (Å²) in [5, 5.41) is 2.61. The van der Waals surface area contributed by atoms with Crippen LogP contribution in [0.5, 0.6) is 0 Å². The number of hydrogen-bond donors (Lipinski definition) is 0. The van der Waals surface area contributed by atoms with Crippen LogP contribution in [0, 0.1) is 0 Å². The molecule has 0 aliphatic heterocycles. The summed E-state index contributed by atoms with van der Waals surface area (Å²) in [6.07, 6.45) is 0. The minimum absolute atomic E-state index is 0.441. The molecule has 0 N–H and O–H groups in total. The van der Waals surface area contributed by atoms with Crippen LogP contribution in [-0.2, 0) is 5.41 Å². The highest BCUT2D eigenvalue weighted by Crippen LogP contribution is 2.55. The Morgan fingerprint density at radius 3 is 1.64 bits per heavy atom. The first-order chi connectivity index (χ1) is 20.7. The van der Waals surface area contributed by atoms with Gasteiger partial charge in [0.2, 0.25) is 0 Å². The molecule has 0 atom stereocenters. The maximum Gasteiger partial charge on any atom is 0.0713 e. The molecule has 0 heterocycles. The third kappa shape index (κ3) is 3.81. The number of halogens is 1. The van der Waals surface area contributed by atoms with Gasteiger partial charge in [-0.15, -0.1) is 0 Å². The fraction of sp³-hybridized carbons (Fsp3) is 0.0244. The lowest BCUT2D eigenvalue weighted by Crippen LogP contribution is -2.33. The molecule has 0 nitrogen and oxygen atoms in total. The molecule has 0 aromatic heterocycles. The van der Waals surface area contributed by atoms with Crippen LogP contribution in [0.2, 0.25) is 0 Å². The molecule has 8 rings (SSSR count). The van der Waals surface area contributed by atoms with Crippen molar-refractivity contribution in [1.82, 2.24) is 0 Å². The van der Waals surface area contributed by atoms with Gasteiger partial charge in [-0.2, -0.15) is 0 Å². The van der Waals surface area contributed by atoms with Crippen molar-refractivity contribution in [2.24, 2.45) is 0 Å². The smallest absolute Gasteiger partial charge is 0.0622 e. The van der Waals surface area contributed by atoms with E-state index in [1.165, 1.54) is 66.4 Å². The van der Waals surface area contributed by atoms with Gasteiger partial charge in [-0.25, -0.2) is 0 Å². The zero-order valence-electron chi connectivity index (χ0n) is 23.0. The van der Waals surface area contributed by atoms with E-state index in [9.17, 15) is 0 Å². The zero-order valence-corrected chi connectivity index (χ0v) is 24.6. The molecule has 1 aliphatic carbocycles. The van der Waals surface area contributed by atoms with Crippen molar-refractivity contribution in [2.45, 2.75) is 5.41 Å². The summed E-state index contributed by atoms with van der Waals surface area (Å²) in [6.45, 7) is 0. The first-order valence-corrected chi connectivity index (χ1v) is 15.2. The van der Waals surface area contributed by atoms with Crippen LogP contribution in [0.3, 0.4) is 0 Å². The Kier molecular flexibility index (Phi) is 5.94. The van der Waals surface area contributed by atoms with E-state index in [0.29, 0.717) is 0 Å². The van der Waals surface area contributed by atoms with Crippen molar-refractivity contribution in [2.75, 3.05) is 0 Å². The van der Waals surface area contributed by atoms with Gasteiger partial charge in [-0.3, -0.25) is 0 Å². The van der Waals surface area contributed by atoms with Crippen molar-refractivity contribution in [3.63, 3.8) is 0 Å². The molecule has 7 aromatic carbocycles. The largest absolute Gasteiger partial charge is 0.0713 e. The van der Waals surface area contributed by atoms with Gasteiger partial charge in [0.1, 0.15) is 0 Å². The van der Waals surface area contributed by atoms with Crippen LogP contribution in [0.4, 0.5) is 0 Å². The van der Waals surface area contributed by atoms with Gasteiger partial charge in [0, 0.05) is 4.47 Å². The van der Waals surface area contributed by atoms with Crippen LogP contribution in [0.1, 0.15) is 22.3 Å². The second-order valence-electron chi connectivity index (χ2n) is 11.0. The predicted molar refractivity (Wildman–Crippen MR) is 180 cm³/mol. The van der Waals surface area contributed by atoms with Crippen LogP contribution < -0.4 is 0 Å². The Bertz CT molecular complexity index is 2030. The van der Waals surface area contributed by atoms with E-state index >= 15 is 0 Å². The molecule has 1 heteroatoms. The fourth-order valence-electron chi connectivity index (χ4n) is 6.98. The lowest BCUT2D eigenvalue weighted by atomic mass is 9.59. The van der Waals surface area contributed by atoms with Crippen molar-refractivity contribution in [3.8, 4) is 33.4 Å². The van der Waals surface area contributed by atoms with Gasteiger partial charge in [0.25, 0.3) is 0 Å². The second kappa shape index (κ2) is 9.98. The van der Waals surface area contributed by atoms with Gasteiger partial charge in [0.15, 0.2) is 0 Å². The molecule has 0 radical (unpaired) electrons. The minimum Gasteiger partial charge on any atom is -0.0622 e. The number of rotatable bonds is 4. The summed E-state index contributed by atoms with van der Waals surface area (Å²) in [4.78, 5) is 0. The molecular formula is C41H27Br. The second-order valence-corrected chi connectivity index (χ2v) is 12.0. The molecule has 0 bridgehead atoms. The average molecular weight is 600 g/mol. The lowest BCUT2D eigenvalue weighted by molar-refractivity contribution is 0.750. The van der Waals surface area contributed by atoms with Crippen LogP contribution in [0.15, 0.2) is 168 Å². The maximum atomic E-state index is 3.57. The van der Waals surface area contributed by atoms with Gasteiger partial charge < -0.3 is 0 Å². The van der Waals surface area contributed by atoms with Crippen LogP contribution in [-0.4, -0.2) is 0 Å². The summed E-state index contributed by atoms with van der Waals surface area (Å²) in [5.74, 6) is 0. The molecule has 1 aliphatic rings. The molecule has 0 unspecified atom stereocenters. The highest BCUT2D eigenvalue weighted by Gasteiger charge is 2.44. The Balaban J connectivity index is 1.43. The normalized spacial score (nSPS) is 13.1. The lowest BCUT2D eigenvalue weighted by Gasteiger charge is -2.42. The van der Waals surface area contributed by atoms with Gasteiger partial charge >= 0.3 is 0 Å². The summed E-state index contributed by atoms with van der Waals surface area (Å²) >= 11 is 3.57. The van der Waals surface area contributed by atoms with Crippen molar-refractivity contribution in [3.05, 3.63) is 191 Å². The highest BCUT2D eigenvalue weighted by atomic mass is 79.9. The molecule has 0 spiro atoms. The topological polar surface area (TPSA) is 0 Å². The van der Waals surface area contributed by atoms with Crippen molar-refractivity contribution in [1.29, 1.82) is 0 Å². The first kappa shape index (κ1) is 25.0. The standard InChI is InChI=1S/C41H27Br/c42-35-23-20-28(21-24-35)30-12-7-13-31(26-30)32-22-25-38-37(27-32)36-18-8-10-29-11-9-19-39(40(29)36)41(38,33-14-3-1-4-15-33)34-16-5-2-6-17-34/h1-27H. The number of benzene rings is 7. The molecule has 0 amide bonds. The van der Waals surface area contributed by atoms with Gasteiger partial charge in [-0.1, -0.05) is 155 Å². The minimum atomic E-state index is -0.441. The molecule has 0 saturated heterocycles. The van der Waals surface area contributed by atoms with E-state index in [-0.39, 0.29) is 0 Å². The molecule has 7 aromatic rings. The van der Waals surface area contributed by atoms with E-state index in [1.54, 1.807) is 0 Å². The SMILES string of the molecule is Brc1ccc(-c2cccc(-c3ccc4c(c3)-c3cccc5cccc(c35)C4(c3ccccc3)c3ccccc3)c2)cc1. The van der Waals surface area contributed by atoms with Crippen molar-refractivity contribution >= 4 is 26.7 Å². The average Bonchev–Trinajstić information content (AvgIpc) is 3.06. The summed E-state index contributed by atoms with van der Waals surface area (Å²) in [7, 11) is 0. The third-order valence-corrected chi connectivity index (χ3v) is 9.34. The van der Waals surface area contributed by atoms with Crippen LogP contribution in [0.25, 0.3) is 44.2 Å². The molecule has 42 heavy (non-hydrogen) atoms. The quantitative estimate of drug-likeness (QED) is 0.189. The molecule has 0 saturated carbocycles. The number of hydrogen-bond acceptors (Lipinski definition) is 0. The molecular weight excluding hydrogens is 572 g/mol. The molecule has 0 fully saturated rings. The van der Waals surface area contributed by atoms with Crippen LogP contribution >= 0.6 is 15.9 Å². The first-order valence-electron chi connectivity index (χ1n) is 14.4.